The van der Waals surface area contributed by atoms with Crippen molar-refractivity contribution in [1.29, 1.82) is 0 Å². The maximum atomic E-state index is 6.58. The molecule has 3 aromatic rings. The summed E-state index contributed by atoms with van der Waals surface area (Å²) in [5.41, 5.74) is 13.1. The third-order valence-electron chi connectivity index (χ3n) is 3.85. The summed E-state index contributed by atoms with van der Waals surface area (Å²) in [6.45, 7) is 2.57. The second kappa shape index (κ2) is 5.94. The molecule has 3 rings (SSSR count). The molecule has 0 saturated heterocycles. The van der Waals surface area contributed by atoms with Crippen LogP contribution in [0.15, 0.2) is 36.5 Å². The number of benzene rings is 1. The minimum Gasteiger partial charge on any atom is -0.477 e. The van der Waals surface area contributed by atoms with Crippen LogP contribution in [0.5, 0.6) is 5.88 Å². The van der Waals surface area contributed by atoms with Gasteiger partial charge in [-0.15, -0.1) is 0 Å². The molecule has 1 atom stereocenters. The van der Waals surface area contributed by atoms with Crippen LogP contribution in [0.4, 0.5) is 0 Å². The van der Waals surface area contributed by atoms with Crippen LogP contribution in [-0.4, -0.2) is 32.9 Å². The monoisotopic (exact) mass is 312 g/mol. The highest BCUT2D eigenvalue weighted by Crippen LogP contribution is 2.28. The van der Waals surface area contributed by atoms with E-state index in [2.05, 4.69) is 15.1 Å². The van der Waals surface area contributed by atoms with Crippen molar-refractivity contribution in [3.05, 3.63) is 47.9 Å². The van der Waals surface area contributed by atoms with Gasteiger partial charge in [-0.3, -0.25) is 4.68 Å². The van der Waals surface area contributed by atoms with Crippen LogP contribution < -0.4 is 16.2 Å². The number of nitrogens with two attached hydrogens (primary N) is 2. The molecule has 120 valence electrons. The van der Waals surface area contributed by atoms with Gasteiger partial charge in [-0.1, -0.05) is 30.3 Å². The Labute approximate surface area is 134 Å². The third-order valence-corrected chi connectivity index (χ3v) is 3.85. The molecule has 1 aromatic carbocycles. The smallest absolute Gasteiger partial charge is 0.228 e. The molecule has 7 heteroatoms. The van der Waals surface area contributed by atoms with E-state index in [4.69, 9.17) is 16.2 Å². The summed E-state index contributed by atoms with van der Waals surface area (Å²) in [5.74, 6) is 0.894. The molecular formula is C16H20N6O. The van der Waals surface area contributed by atoms with E-state index in [1.165, 1.54) is 0 Å². The van der Waals surface area contributed by atoms with Gasteiger partial charge in [-0.2, -0.15) is 10.1 Å². The number of aromatic nitrogens is 4. The molecule has 0 spiro atoms. The van der Waals surface area contributed by atoms with Gasteiger partial charge in [0.1, 0.15) is 10.9 Å². The molecule has 0 saturated carbocycles. The van der Waals surface area contributed by atoms with Gasteiger partial charge in [0.2, 0.25) is 5.88 Å². The summed E-state index contributed by atoms with van der Waals surface area (Å²) in [6.07, 6.45) is 1.69. The predicted octanol–water partition coefficient (Wildman–Crippen LogP) is 0.923. The second-order valence-corrected chi connectivity index (χ2v) is 5.33. The van der Waals surface area contributed by atoms with Gasteiger partial charge in [0, 0.05) is 13.6 Å². The fourth-order valence-corrected chi connectivity index (χ4v) is 2.52. The average Bonchev–Trinajstić information content (AvgIpc) is 2.97. The van der Waals surface area contributed by atoms with Gasteiger partial charge in [0.15, 0.2) is 11.5 Å². The van der Waals surface area contributed by atoms with Crippen LogP contribution in [0.2, 0.25) is 0 Å². The van der Waals surface area contributed by atoms with Crippen molar-refractivity contribution in [3.63, 3.8) is 0 Å². The molecule has 2 heterocycles. The van der Waals surface area contributed by atoms with E-state index in [0.29, 0.717) is 24.0 Å². The lowest BCUT2D eigenvalue weighted by atomic mass is 9.90. The molecule has 23 heavy (non-hydrogen) atoms. The van der Waals surface area contributed by atoms with Gasteiger partial charge in [0.05, 0.1) is 12.8 Å². The van der Waals surface area contributed by atoms with Crippen molar-refractivity contribution in [3.8, 4) is 5.88 Å². The zero-order valence-electron chi connectivity index (χ0n) is 13.2. The van der Waals surface area contributed by atoms with Crippen LogP contribution in [0.1, 0.15) is 18.3 Å². The predicted molar refractivity (Wildman–Crippen MR) is 87.9 cm³/mol. The number of nitrogens with zero attached hydrogens (tertiary/aromatic N) is 4. The molecule has 0 aliphatic heterocycles. The number of hydrogen-bond acceptors (Lipinski definition) is 6. The Morgan fingerprint density at radius 3 is 2.61 bits per heavy atom. The Balaban J connectivity index is 2.23. The maximum absolute atomic E-state index is 6.58. The van der Waals surface area contributed by atoms with Gasteiger partial charge < -0.3 is 16.2 Å². The van der Waals surface area contributed by atoms with E-state index >= 15 is 0 Å². The van der Waals surface area contributed by atoms with E-state index in [1.54, 1.807) is 10.9 Å². The first-order valence-electron chi connectivity index (χ1n) is 7.47. The molecule has 0 aliphatic rings. The number of aryl methyl sites for hydroxylation is 1. The van der Waals surface area contributed by atoms with Gasteiger partial charge in [0.25, 0.3) is 0 Å². The van der Waals surface area contributed by atoms with Crippen molar-refractivity contribution >= 4 is 11.0 Å². The number of hydrogen-bond donors (Lipinski definition) is 2. The second-order valence-electron chi connectivity index (χ2n) is 5.33. The normalized spacial score (nSPS) is 13.9. The molecule has 2 aromatic heterocycles. The summed E-state index contributed by atoms with van der Waals surface area (Å²) < 4.78 is 7.32. The Hall–Kier alpha value is -2.51. The Morgan fingerprint density at radius 2 is 1.96 bits per heavy atom. The van der Waals surface area contributed by atoms with Crippen molar-refractivity contribution in [2.24, 2.45) is 18.5 Å². The van der Waals surface area contributed by atoms with E-state index in [0.717, 1.165) is 10.9 Å². The molecular weight excluding hydrogens is 292 g/mol. The van der Waals surface area contributed by atoms with Crippen molar-refractivity contribution in [2.45, 2.75) is 12.5 Å². The molecule has 0 amide bonds. The zero-order chi connectivity index (χ0) is 16.4. The Morgan fingerprint density at radius 1 is 1.22 bits per heavy atom. The van der Waals surface area contributed by atoms with Crippen LogP contribution in [0, 0.1) is 0 Å². The lowest BCUT2D eigenvalue weighted by Gasteiger charge is -2.27. The third kappa shape index (κ3) is 2.54. The number of ether oxygens (including phenoxy) is 1. The van der Waals surface area contributed by atoms with Crippen LogP contribution in [0.3, 0.4) is 0 Å². The quantitative estimate of drug-likeness (QED) is 0.726. The minimum absolute atomic E-state index is 0.173. The zero-order valence-corrected chi connectivity index (χ0v) is 13.2. The molecule has 0 radical (unpaired) electrons. The molecule has 4 N–H and O–H groups in total. The van der Waals surface area contributed by atoms with Gasteiger partial charge >= 0.3 is 0 Å². The first kappa shape index (κ1) is 15.4. The fourth-order valence-electron chi connectivity index (χ4n) is 2.52. The fraction of sp³-hybridized carbons (Fsp3) is 0.312. The van der Waals surface area contributed by atoms with E-state index in [9.17, 15) is 0 Å². The standard InChI is InChI=1S/C16H20N6O/c1-3-23-14-12-9-19-22(2)13(12)20-15(21-14)16(18,10-17)11-7-5-4-6-8-11/h4-9H,3,10,17-18H2,1-2H3. The molecule has 7 nitrogen and oxygen atoms in total. The highest BCUT2D eigenvalue weighted by molar-refractivity contribution is 5.80. The Bertz CT molecular complexity index is 816. The summed E-state index contributed by atoms with van der Waals surface area (Å²) in [4.78, 5) is 9.13. The summed E-state index contributed by atoms with van der Waals surface area (Å²) in [6, 6.07) is 9.60. The number of fused-ring (bicyclic) bond motifs is 1. The summed E-state index contributed by atoms with van der Waals surface area (Å²) >= 11 is 0. The molecule has 0 aliphatic carbocycles. The minimum atomic E-state index is -0.994. The lowest BCUT2D eigenvalue weighted by molar-refractivity contribution is 0.326. The average molecular weight is 312 g/mol. The SMILES string of the molecule is CCOc1nc(C(N)(CN)c2ccccc2)nc2c1cnn2C. The molecule has 0 bridgehead atoms. The first-order valence-corrected chi connectivity index (χ1v) is 7.47. The van der Waals surface area contributed by atoms with Crippen molar-refractivity contribution in [1.82, 2.24) is 19.7 Å². The molecule has 0 fully saturated rings. The Kier molecular flexibility index (Phi) is 3.97. The van der Waals surface area contributed by atoms with Gasteiger partial charge in [-0.05, 0) is 12.5 Å². The molecule has 1 unspecified atom stereocenters. The first-order chi connectivity index (χ1) is 11.1. The highest BCUT2D eigenvalue weighted by atomic mass is 16.5. The van der Waals surface area contributed by atoms with Crippen molar-refractivity contribution in [2.75, 3.05) is 13.2 Å². The summed E-state index contributed by atoms with van der Waals surface area (Å²) in [5, 5.41) is 4.98. The van der Waals surface area contributed by atoms with Gasteiger partial charge in [-0.25, -0.2) is 4.98 Å². The van der Waals surface area contributed by atoms with Crippen LogP contribution >= 0.6 is 0 Å². The van der Waals surface area contributed by atoms with E-state index < -0.39 is 5.54 Å². The highest BCUT2D eigenvalue weighted by Gasteiger charge is 2.33. The summed E-state index contributed by atoms with van der Waals surface area (Å²) in [7, 11) is 1.82. The van der Waals surface area contributed by atoms with Crippen molar-refractivity contribution < 1.29 is 4.74 Å². The largest absolute Gasteiger partial charge is 0.477 e. The van der Waals surface area contributed by atoms with Crippen LogP contribution in [0.25, 0.3) is 11.0 Å². The lowest BCUT2D eigenvalue weighted by Crippen LogP contribution is -2.46. The van der Waals surface area contributed by atoms with E-state index in [-0.39, 0.29) is 6.54 Å². The number of rotatable bonds is 5. The van der Waals surface area contributed by atoms with E-state index in [1.807, 2.05) is 44.3 Å². The van der Waals surface area contributed by atoms with Crippen LogP contribution in [-0.2, 0) is 12.6 Å². The topological polar surface area (TPSA) is 105 Å². The maximum Gasteiger partial charge on any atom is 0.228 e.